The molecule has 0 aliphatic heterocycles. The first-order valence-electron chi connectivity index (χ1n) is 4.09. The van der Waals surface area contributed by atoms with Crippen molar-refractivity contribution in [1.82, 2.24) is 3.96 Å². The molecule has 0 radical (unpaired) electrons. The van der Waals surface area contributed by atoms with Crippen molar-refractivity contribution in [3.05, 3.63) is 33.6 Å². The molecule has 1 heterocycles. The number of aliphatic carboxylic acids is 1. The van der Waals surface area contributed by atoms with Crippen molar-refractivity contribution < 1.29 is 9.90 Å². The van der Waals surface area contributed by atoms with Crippen molar-refractivity contribution in [3.63, 3.8) is 0 Å². The first-order valence-corrected chi connectivity index (χ1v) is 5.24. The smallest absolute Gasteiger partial charge is 0.324 e. The second-order valence-corrected chi connectivity index (χ2v) is 4.47. The number of benzene rings is 1. The maximum Gasteiger partial charge on any atom is 0.324 e. The largest absolute Gasteiger partial charge is 0.480 e. The van der Waals surface area contributed by atoms with Gasteiger partial charge in [-0.2, -0.15) is 0 Å². The molecule has 4 nitrogen and oxygen atoms in total. The fourth-order valence-electron chi connectivity index (χ4n) is 1.27. The van der Waals surface area contributed by atoms with Crippen molar-refractivity contribution in [2.45, 2.75) is 6.54 Å². The van der Waals surface area contributed by atoms with E-state index in [-0.39, 0.29) is 12.1 Å². The summed E-state index contributed by atoms with van der Waals surface area (Å²) in [6, 6.07) is 4.93. The lowest BCUT2D eigenvalue weighted by Gasteiger charge is -1.91. The molecule has 1 aromatic carbocycles. The van der Waals surface area contributed by atoms with Gasteiger partial charge in [-0.15, -0.1) is 0 Å². The van der Waals surface area contributed by atoms with Crippen molar-refractivity contribution in [3.8, 4) is 0 Å². The molecule has 0 atom stereocenters. The molecule has 78 valence electrons. The summed E-state index contributed by atoms with van der Waals surface area (Å²) in [5, 5.41) is 9.53. The van der Waals surface area contributed by atoms with Crippen LogP contribution in [0.4, 0.5) is 0 Å². The normalized spacial score (nSPS) is 10.7. The molecule has 0 fully saturated rings. The van der Waals surface area contributed by atoms with E-state index in [1.807, 2.05) is 0 Å². The quantitative estimate of drug-likeness (QED) is 0.875. The zero-order valence-corrected chi connectivity index (χ0v) is 9.01. The molecular formula is C9H6ClNO3S. The van der Waals surface area contributed by atoms with Gasteiger partial charge in [0.05, 0.1) is 10.1 Å². The van der Waals surface area contributed by atoms with Crippen LogP contribution in [0.25, 0.3) is 10.1 Å². The molecule has 1 N–H and O–H groups in total. The van der Waals surface area contributed by atoms with E-state index in [9.17, 15) is 9.59 Å². The van der Waals surface area contributed by atoms with Crippen molar-refractivity contribution >= 4 is 39.2 Å². The number of carboxylic acids is 1. The third-order valence-corrected chi connectivity index (χ3v) is 3.19. The summed E-state index contributed by atoms with van der Waals surface area (Å²) in [4.78, 5) is 22.2. The van der Waals surface area contributed by atoms with Crippen LogP contribution < -0.4 is 5.56 Å². The molecule has 0 saturated heterocycles. The molecule has 0 aliphatic rings. The fourth-order valence-corrected chi connectivity index (χ4v) is 2.41. The number of hydrogen-bond donors (Lipinski definition) is 1. The molecule has 0 amide bonds. The van der Waals surface area contributed by atoms with Gasteiger partial charge in [-0.1, -0.05) is 23.1 Å². The maximum atomic E-state index is 11.7. The number of fused-ring (bicyclic) bond motifs is 1. The van der Waals surface area contributed by atoms with Gasteiger partial charge < -0.3 is 5.11 Å². The predicted octanol–water partition coefficient (Wildman–Crippen LogP) is 1.80. The number of rotatable bonds is 2. The molecule has 0 bridgehead atoms. The number of nitrogens with zero attached hydrogens (tertiary/aromatic N) is 1. The lowest BCUT2D eigenvalue weighted by Crippen LogP contribution is -2.18. The number of carboxylic acid groups (broad SMARTS) is 1. The van der Waals surface area contributed by atoms with Gasteiger partial charge in [-0.3, -0.25) is 13.5 Å². The Morgan fingerprint density at radius 3 is 2.93 bits per heavy atom. The summed E-state index contributed by atoms with van der Waals surface area (Å²) in [5.74, 6) is -1.03. The van der Waals surface area contributed by atoms with E-state index in [2.05, 4.69) is 0 Å². The molecule has 1 aromatic heterocycles. The van der Waals surface area contributed by atoms with Crippen molar-refractivity contribution in [1.29, 1.82) is 0 Å². The van der Waals surface area contributed by atoms with Crippen LogP contribution in [0.3, 0.4) is 0 Å². The van der Waals surface area contributed by atoms with E-state index in [1.54, 1.807) is 18.2 Å². The Hall–Kier alpha value is -1.33. The highest BCUT2D eigenvalue weighted by molar-refractivity contribution is 7.13. The first-order chi connectivity index (χ1) is 7.08. The summed E-state index contributed by atoms with van der Waals surface area (Å²) in [5.41, 5.74) is -0.306. The van der Waals surface area contributed by atoms with Gasteiger partial charge in [0.1, 0.15) is 6.54 Å². The minimum absolute atomic E-state index is 0.306. The number of carbonyl (C=O) groups is 1. The number of aromatic nitrogens is 1. The van der Waals surface area contributed by atoms with Crippen LogP contribution in [0.15, 0.2) is 23.0 Å². The van der Waals surface area contributed by atoms with E-state index in [0.717, 1.165) is 16.2 Å². The minimum Gasteiger partial charge on any atom is -0.480 e. The molecular weight excluding hydrogens is 238 g/mol. The van der Waals surface area contributed by atoms with E-state index < -0.39 is 5.97 Å². The summed E-state index contributed by atoms with van der Waals surface area (Å²) >= 11 is 6.87. The monoisotopic (exact) mass is 243 g/mol. The van der Waals surface area contributed by atoms with Gasteiger partial charge in [0.25, 0.3) is 5.56 Å². The SMILES string of the molecule is O=C(O)Cn1sc2ccc(Cl)cc2c1=O. The molecule has 0 spiro atoms. The zero-order valence-electron chi connectivity index (χ0n) is 7.44. The van der Waals surface area contributed by atoms with Crippen LogP contribution in [0.1, 0.15) is 0 Å². The molecule has 0 aliphatic carbocycles. The van der Waals surface area contributed by atoms with Gasteiger partial charge in [0.15, 0.2) is 0 Å². The molecule has 0 saturated carbocycles. The van der Waals surface area contributed by atoms with Gasteiger partial charge in [-0.05, 0) is 18.2 Å². The van der Waals surface area contributed by atoms with Crippen LogP contribution in [0, 0.1) is 0 Å². The maximum absolute atomic E-state index is 11.7. The standard InChI is InChI=1S/C9H6ClNO3S/c10-5-1-2-7-6(3-5)9(14)11(15-7)4-8(12)13/h1-3H,4H2,(H,12,13). The highest BCUT2D eigenvalue weighted by Gasteiger charge is 2.09. The molecule has 2 rings (SSSR count). The van der Waals surface area contributed by atoms with Crippen molar-refractivity contribution in [2.75, 3.05) is 0 Å². The second-order valence-electron chi connectivity index (χ2n) is 2.97. The molecule has 15 heavy (non-hydrogen) atoms. The fraction of sp³-hybridized carbons (Fsp3) is 0.111. The topological polar surface area (TPSA) is 59.3 Å². The summed E-state index contributed by atoms with van der Waals surface area (Å²) in [7, 11) is 0. The van der Waals surface area contributed by atoms with Crippen LogP contribution >= 0.6 is 23.1 Å². The van der Waals surface area contributed by atoms with E-state index in [1.165, 1.54) is 3.96 Å². The Morgan fingerprint density at radius 1 is 1.53 bits per heavy atom. The summed E-state index contributed by atoms with van der Waals surface area (Å²) in [6.45, 7) is -0.310. The average Bonchev–Trinajstić information content (AvgIpc) is 2.44. The second kappa shape index (κ2) is 3.67. The first kappa shape index (κ1) is 10.2. The highest BCUT2D eigenvalue weighted by atomic mass is 35.5. The molecule has 2 aromatic rings. The summed E-state index contributed by atoms with van der Waals surface area (Å²) in [6.07, 6.45) is 0. The van der Waals surface area contributed by atoms with Gasteiger partial charge in [0.2, 0.25) is 0 Å². The molecule has 6 heteroatoms. The Morgan fingerprint density at radius 2 is 2.27 bits per heavy atom. The average molecular weight is 244 g/mol. The Balaban J connectivity index is 2.65. The lowest BCUT2D eigenvalue weighted by atomic mass is 10.3. The highest BCUT2D eigenvalue weighted by Crippen LogP contribution is 2.20. The Labute approximate surface area is 93.5 Å². The Kier molecular flexibility index (Phi) is 2.50. The number of hydrogen-bond acceptors (Lipinski definition) is 3. The van der Waals surface area contributed by atoms with E-state index in [4.69, 9.17) is 16.7 Å². The Bertz CT molecular complexity index is 587. The minimum atomic E-state index is -1.03. The van der Waals surface area contributed by atoms with Gasteiger partial charge in [-0.25, -0.2) is 0 Å². The van der Waals surface area contributed by atoms with Crippen LogP contribution in [-0.2, 0) is 11.3 Å². The van der Waals surface area contributed by atoms with Crippen LogP contribution in [-0.4, -0.2) is 15.0 Å². The number of halogens is 1. The summed E-state index contributed by atoms with van der Waals surface area (Å²) < 4.78 is 1.94. The van der Waals surface area contributed by atoms with E-state index in [0.29, 0.717) is 10.4 Å². The predicted molar refractivity (Wildman–Crippen MR) is 58.7 cm³/mol. The van der Waals surface area contributed by atoms with Crippen LogP contribution in [0.5, 0.6) is 0 Å². The third kappa shape index (κ3) is 1.88. The van der Waals surface area contributed by atoms with Crippen molar-refractivity contribution in [2.24, 2.45) is 0 Å². The lowest BCUT2D eigenvalue weighted by molar-refractivity contribution is -0.137. The zero-order chi connectivity index (χ0) is 11.0. The van der Waals surface area contributed by atoms with E-state index >= 15 is 0 Å². The molecule has 0 unspecified atom stereocenters. The van der Waals surface area contributed by atoms with Gasteiger partial charge >= 0.3 is 5.97 Å². The van der Waals surface area contributed by atoms with Gasteiger partial charge in [0, 0.05) is 5.02 Å². The third-order valence-electron chi connectivity index (χ3n) is 1.89. The van der Waals surface area contributed by atoms with Crippen LogP contribution in [0.2, 0.25) is 5.02 Å².